The Balaban J connectivity index is 2.46. The standard InChI is InChI=1S/C13H8Br2ClF3S/c1-6-10(15)5-11(20-6)12(16)8-4-7(13(17,18)19)2-3-9(8)14/h2-5,12H,1H3. The maximum atomic E-state index is 12.8. The zero-order valence-electron chi connectivity index (χ0n) is 10.1. The molecule has 0 radical (unpaired) electrons. The van der Waals surface area contributed by atoms with Gasteiger partial charge in [-0.15, -0.1) is 22.9 Å². The third kappa shape index (κ3) is 3.40. The molecule has 1 heterocycles. The molecule has 0 aliphatic rings. The minimum Gasteiger partial charge on any atom is -0.166 e. The molecule has 0 spiro atoms. The summed E-state index contributed by atoms with van der Waals surface area (Å²) in [6.45, 7) is 1.92. The minimum absolute atomic E-state index is 0.412. The Labute approximate surface area is 140 Å². The molecule has 1 unspecified atom stereocenters. The Hall–Kier alpha value is -0.0400. The van der Waals surface area contributed by atoms with E-state index in [2.05, 4.69) is 31.9 Å². The number of thiophene rings is 1. The van der Waals surface area contributed by atoms with Gasteiger partial charge in [-0.2, -0.15) is 13.2 Å². The molecule has 108 valence electrons. The van der Waals surface area contributed by atoms with Crippen LogP contribution in [-0.2, 0) is 6.18 Å². The fourth-order valence-electron chi connectivity index (χ4n) is 1.67. The summed E-state index contributed by atoms with van der Waals surface area (Å²) in [7, 11) is 0. The average Bonchev–Trinajstić information content (AvgIpc) is 2.68. The second-order valence-electron chi connectivity index (χ2n) is 4.15. The van der Waals surface area contributed by atoms with E-state index in [1.165, 1.54) is 17.4 Å². The van der Waals surface area contributed by atoms with Gasteiger partial charge in [-0.3, -0.25) is 0 Å². The van der Waals surface area contributed by atoms with E-state index in [4.69, 9.17) is 11.6 Å². The van der Waals surface area contributed by atoms with Crippen molar-refractivity contribution in [3.8, 4) is 0 Å². The van der Waals surface area contributed by atoms with Gasteiger partial charge < -0.3 is 0 Å². The molecule has 2 aromatic rings. The van der Waals surface area contributed by atoms with Crippen LogP contribution in [0.3, 0.4) is 0 Å². The smallest absolute Gasteiger partial charge is 0.166 e. The molecule has 1 aromatic heterocycles. The summed E-state index contributed by atoms with van der Waals surface area (Å²) in [4.78, 5) is 1.84. The molecule has 0 aliphatic carbocycles. The number of benzene rings is 1. The van der Waals surface area contributed by atoms with E-state index in [0.29, 0.717) is 10.0 Å². The largest absolute Gasteiger partial charge is 0.416 e. The molecule has 20 heavy (non-hydrogen) atoms. The van der Waals surface area contributed by atoms with Crippen LogP contribution in [0.2, 0.25) is 0 Å². The highest BCUT2D eigenvalue weighted by Crippen LogP contribution is 2.42. The van der Waals surface area contributed by atoms with E-state index in [-0.39, 0.29) is 0 Å². The van der Waals surface area contributed by atoms with Crippen molar-refractivity contribution >= 4 is 54.8 Å². The summed E-state index contributed by atoms with van der Waals surface area (Å²) in [6.07, 6.45) is -4.38. The van der Waals surface area contributed by atoms with E-state index in [9.17, 15) is 13.2 Å². The normalized spacial score (nSPS) is 13.6. The van der Waals surface area contributed by atoms with Crippen LogP contribution < -0.4 is 0 Å². The van der Waals surface area contributed by atoms with Crippen molar-refractivity contribution < 1.29 is 13.2 Å². The van der Waals surface area contributed by atoms with Crippen molar-refractivity contribution in [1.29, 1.82) is 0 Å². The van der Waals surface area contributed by atoms with Crippen LogP contribution in [0.25, 0.3) is 0 Å². The lowest BCUT2D eigenvalue weighted by Gasteiger charge is -2.14. The summed E-state index contributed by atoms with van der Waals surface area (Å²) in [5.74, 6) is 0. The number of halogens is 6. The fourth-order valence-corrected chi connectivity index (χ4v) is 4.22. The second kappa shape index (κ2) is 5.99. The lowest BCUT2D eigenvalue weighted by molar-refractivity contribution is -0.137. The molecule has 0 bridgehead atoms. The first-order valence-electron chi connectivity index (χ1n) is 5.46. The van der Waals surface area contributed by atoms with Crippen LogP contribution in [0.5, 0.6) is 0 Å². The van der Waals surface area contributed by atoms with Crippen LogP contribution >= 0.6 is 54.8 Å². The number of hydrogen-bond acceptors (Lipinski definition) is 1. The summed E-state index contributed by atoms with van der Waals surface area (Å²) >= 11 is 14.4. The van der Waals surface area contributed by atoms with Gasteiger partial charge in [-0.05, 0) is 52.7 Å². The van der Waals surface area contributed by atoms with Crippen LogP contribution in [0.4, 0.5) is 13.2 Å². The third-order valence-corrected chi connectivity index (χ3v) is 6.25. The molecular weight excluding hydrogens is 440 g/mol. The first kappa shape index (κ1) is 16.3. The zero-order chi connectivity index (χ0) is 15.1. The number of hydrogen-bond donors (Lipinski definition) is 0. The maximum Gasteiger partial charge on any atom is 0.416 e. The molecule has 0 saturated carbocycles. The van der Waals surface area contributed by atoms with Crippen molar-refractivity contribution in [2.75, 3.05) is 0 Å². The predicted molar refractivity (Wildman–Crippen MR) is 83.6 cm³/mol. The van der Waals surface area contributed by atoms with Gasteiger partial charge in [0.1, 0.15) is 0 Å². The van der Waals surface area contributed by atoms with E-state index in [1.807, 2.05) is 13.0 Å². The lowest BCUT2D eigenvalue weighted by atomic mass is 10.1. The molecule has 7 heteroatoms. The molecule has 0 N–H and O–H groups in total. The van der Waals surface area contributed by atoms with Crippen LogP contribution in [-0.4, -0.2) is 0 Å². The summed E-state index contributed by atoms with van der Waals surface area (Å²) in [5.41, 5.74) is -0.288. The third-order valence-electron chi connectivity index (χ3n) is 2.72. The first-order valence-corrected chi connectivity index (χ1v) is 8.30. The van der Waals surface area contributed by atoms with E-state index in [1.54, 1.807) is 0 Å². The van der Waals surface area contributed by atoms with Gasteiger partial charge in [0.25, 0.3) is 0 Å². The Kier molecular flexibility index (Phi) is 4.89. The fraction of sp³-hybridized carbons (Fsp3) is 0.231. The Morgan fingerprint density at radius 2 is 1.80 bits per heavy atom. The Morgan fingerprint density at radius 1 is 1.15 bits per heavy atom. The maximum absolute atomic E-state index is 12.8. The van der Waals surface area contributed by atoms with Crippen LogP contribution in [0.1, 0.15) is 26.3 Å². The first-order chi connectivity index (χ1) is 9.20. The molecule has 0 nitrogen and oxygen atoms in total. The Bertz CT molecular complexity index is 618. The van der Waals surface area contributed by atoms with Gasteiger partial charge in [0, 0.05) is 18.7 Å². The number of rotatable bonds is 2. The lowest BCUT2D eigenvalue weighted by Crippen LogP contribution is -2.06. The van der Waals surface area contributed by atoms with E-state index < -0.39 is 17.1 Å². The minimum atomic E-state index is -4.38. The highest BCUT2D eigenvalue weighted by atomic mass is 79.9. The molecule has 0 amide bonds. The number of alkyl halides is 4. The molecule has 2 rings (SSSR count). The van der Waals surface area contributed by atoms with Gasteiger partial charge in [-0.25, -0.2) is 0 Å². The highest BCUT2D eigenvalue weighted by Gasteiger charge is 2.32. The van der Waals surface area contributed by atoms with Crippen molar-refractivity contribution in [3.05, 3.63) is 54.1 Å². The van der Waals surface area contributed by atoms with Crippen molar-refractivity contribution in [1.82, 2.24) is 0 Å². The van der Waals surface area contributed by atoms with Crippen molar-refractivity contribution in [2.45, 2.75) is 18.5 Å². The molecule has 0 saturated heterocycles. The predicted octanol–water partition coefficient (Wildman–Crippen LogP) is 6.93. The van der Waals surface area contributed by atoms with Gasteiger partial charge in [0.15, 0.2) is 0 Å². The van der Waals surface area contributed by atoms with Gasteiger partial charge in [-0.1, -0.05) is 15.9 Å². The quantitative estimate of drug-likeness (QED) is 0.437. The molecule has 1 aromatic carbocycles. The SMILES string of the molecule is Cc1sc(C(Cl)c2cc(C(F)(F)F)ccc2Br)cc1Br. The van der Waals surface area contributed by atoms with Gasteiger partial charge >= 0.3 is 6.18 Å². The summed E-state index contributed by atoms with van der Waals surface area (Å²) in [5, 5.41) is -0.623. The van der Waals surface area contributed by atoms with Crippen molar-refractivity contribution in [3.63, 3.8) is 0 Å². The van der Waals surface area contributed by atoms with Crippen LogP contribution in [0.15, 0.2) is 33.2 Å². The topological polar surface area (TPSA) is 0 Å². The number of aryl methyl sites for hydroxylation is 1. The highest BCUT2D eigenvalue weighted by molar-refractivity contribution is 9.10. The Morgan fingerprint density at radius 3 is 2.30 bits per heavy atom. The van der Waals surface area contributed by atoms with Gasteiger partial charge in [0.05, 0.1) is 10.9 Å². The van der Waals surface area contributed by atoms with Gasteiger partial charge in [0.2, 0.25) is 0 Å². The molecule has 0 aliphatic heterocycles. The van der Waals surface area contributed by atoms with E-state index >= 15 is 0 Å². The van der Waals surface area contributed by atoms with Crippen LogP contribution in [0, 0.1) is 6.92 Å². The summed E-state index contributed by atoms with van der Waals surface area (Å²) in [6, 6.07) is 5.34. The molecular formula is C13H8Br2ClF3S. The zero-order valence-corrected chi connectivity index (χ0v) is 14.8. The van der Waals surface area contributed by atoms with Crippen molar-refractivity contribution in [2.24, 2.45) is 0 Å². The molecule has 1 atom stereocenters. The average molecular weight is 449 g/mol. The second-order valence-corrected chi connectivity index (χ2v) is 7.58. The molecule has 0 fully saturated rings. The van der Waals surface area contributed by atoms with E-state index in [0.717, 1.165) is 26.4 Å². The monoisotopic (exact) mass is 446 g/mol. The summed E-state index contributed by atoms with van der Waals surface area (Å²) < 4.78 is 39.8.